The first-order chi connectivity index (χ1) is 10.6. The van der Waals surface area contributed by atoms with Gasteiger partial charge in [-0.3, -0.25) is 4.79 Å². The van der Waals surface area contributed by atoms with Gasteiger partial charge < -0.3 is 14.6 Å². The molecule has 5 heteroatoms. The van der Waals surface area contributed by atoms with E-state index in [4.69, 9.17) is 21.1 Å². The third-order valence-electron chi connectivity index (χ3n) is 4.99. The number of carboxylic acids is 1. The molecule has 0 amide bonds. The molecule has 0 atom stereocenters. The molecule has 0 radical (unpaired) electrons. The molecule has 0 bridgehead atoms. The van der Waals surface area contributed by atoms with Crippen molar-refractivity contribution in [2.75, 3.05) is 7.11 Å². The normalized spacial score (nSPS) is 20.5. The van der Waals surface area contributed by atoms with E-state index in [0.717, 1.165) is 19.3 Å². The molecule has 22 heavy (non-hydrogen) atoms. The fourth-order valence-electron chi connectivity index (χ4n) is 3.44. The maximum absolute atomic E-state index is 11.7. The van der Waals surface area contributed by atoms with Crippen LogP contribution in [-0.2, 0) is 10.2 Å². The highest BCUT2D eigenvalue weighted by atomic mass is 35.5. The number of hydrogen-bond acceptors (Lipinski definition) is 3. The number of rotatable bonds is 5. The van der Waals surface area contributed by atoms with E-state index in [1.165, 1.54) is 12.8 Å². The molecule has 0 aliphatic heterocycles. The summed E-state index contributed by atoms with van der Waals surface area (Å²) in [5.41, 5.74) is -0.102. The summed E-state index contributed by atoms with van der Waals surface area (Å²) in [5, 5.41) is 10.0. The zero-order valence-corrected chi connectivity index (χ0v) is 13.5. The zero-order valence-electron chi connectivity index (χ0n) is 12.7. The third kappa shape index (κ3) is 2.54. The average Bonchev–Trinajstić information content (AvgIpc) is 2.92. The highest BCUT2D eigenvalue weighted by Crippen LogP contribution is 2.48. The Labute approximate surface area is 135 Å². The first-order valence-corrected chi connectivity index (χ1v) is 8.23. The average molecular weight is 325 g/mol. The Morgan fingerprint density at radius 2 is 1.95 bits per heavy atom. The van der Waals surface area contributed by atoms with E-state index in [1.54, 1.807) is 19.2 Å². The highest BCUT2D eigenvalue weighted by molar-refractivity contribution is 6.32. The Bertz CT molecular complexity index is 574. The minimum absolute atomic E-state index is 0.175. The van der Waals surface area contributed by atoms with Crippen LogP contribution in [0.2, 0.25) is 5.02 Å². The minimum atomic E-state index is -0.817. The quantitative estimate of drug-likeness (QED) is 0.883. The smallest absolute Gasteiger partial charge is 0.314 e. The monoisotopic (exact) mass is 324 g/mol. The lowest BCUT2D eigenvalue weighted by molar-refractivity contribution is -0.147. The zero-order chi connectivity index (χ0) is 15.7. The molecule has 0 spiro atoms. The maximum atomic E-state index is 11.7. The minimum Gasteiger partial charge on any atom is -0.493 e. The van der Waals surface area contributed by atoms with Crippen LogP contribution < -0.4 is 9.47 Å². The van der Waals surface area contributed by atoms with Gasteiger partial charge in [-0.1, -0.05) is 18.0 Å². The van der Waals surface area contributed by atoms with Crippen LogP contribution in [0.3, 0.4) is 0 Å². The van der Waals surface area contributed by atoms with E-state index in [9.17, 15) is 9.90 Å². The van der Waals surface area contributed by atoms with Crippen LogP contribution in [0.4, 0.5) is 0 Å². The third-order valence-corrected chi connectivity index (χ3v) is 5.27. The van der Waals surface area contributed by atoms with E-state index in [-0.39, 0.29) is 6.10 Å². The summed E-state index contributed by atoms with van der Waals surface area (Å²) in [6.07, 6.45) is 6.78. The van der Waals surface area contributed by atoms with Crippen molar-refractivity contribution in [3.05, 3.63) is 22.7 Å². The molecule has 2 fully saturated rings. The molecule has 0 unspecified atom stereocenters. The predicted molar refractivity (Wildman–Crippen MR) is 84.1 cm³/mol. The second kappa shape index (κ2) is 5.99. The van der Waals surface area contributed by atoms with Crippen molar-refractivity contribution in [3.63, 3.8) is 0 Å². The second-order valence-electron chi connectivity index (χ2n) is 6.25. The SMILES string of the molecule is COc1cc(C2(C(=O)O)CCC2)cc(Cl)c1OC1CCCC1. The number of carbonyl (C=O) groups is 1. The lowest BCUT2D eigenvalue weighted by Crippen LogP contribution is -2.42. The van der Waals surface area contributed by atoms with Gasteiger partial charge in [-0.2, -0.15) is 0 Å². The van der Waals surface area contributed by atoms with Gasteiger partial charge in [-0.05, 0) is 56.2 Å². The van der Waals surface area contributed by atoms with Crippen molar-refractivity contribution in [1.29, 1.82) is 0 Å². The van der Waals surface area contributed by atoms with Crippen LogP contribution in [0.15, 0.2) is 12.1 Å². The Morgan fingerprint density at radius 1 is 1.27 bits per heavy atom. The molecule has 1 N–H and O–H groups in total. The summed E-state index contributed by atoms with van der Waals surface area (Å²) >= 11 is 6.39. The lowest BCUT2D eigenvalue weighted by atomic mass is 9.64. The lowest BCUT2D eigenvalue weighted by Gasteiger charge is -2.38. The van der Waals surface area contributed by atoms with Crippen LogP contribution in [-0.4, -0.2) is 24.3 Å². The van der Waals surface area contributed by atoms with Crippen molar-refractivity contribution < 1.29 is 19.4 Å². The van der Waals surface area contributed by atoms with E-state index in [2.05, 4.69) is 0 Å². The van der Waals surface area contributed by atoms with Gasteiger partial charge in [0.15, 0.2) is 11.5 Å². The first-order valence-electron chi connectivity index (χ1n) is 7.85. The maximum Gasteiger partial charge on any atom is 0.314 e. The summed E-state index contributed by atoms with van der Waals surface area (Å²) in [6.45, 7) is 0. The number of halogens is 1. The molecule has 2 aliphatic carbocycles. The summed E-state index contributed by atoms with van der Waals surface area (Å²) < 4.78 is 11.4. The van der Waals surface area contributed by atoms with Crippen LogP contribution in [0.5, 0.6) is 11.5 Å². The summed E-state index contributed by atoms with van der Waals surface area (Å²) in [4.78, 5) is 11.7. The molecular weight excluding hydrogens is 304 g/mol. The van der Waals surface area contributed by atoms with Crippen molar-refractivity contribution >= 4 is 17.6 Å². The van der Waals surface area contributed by atoms with Crippen LogP contribution in [0, 0.1) is 0 Å². The summed E-state index contributed by atoms with van der Waals surface area (Å²) in [5.74, 6) is 0.280. The van der Waals surface area contributed by atoms with Gasteiger partial charge in [0.25, 0.3) is 0 Å². The fraction of sp³-hybridized carbons (Fsp3) is 0.588. The number of ether oxygens (including phenoxy) is 2. The van der Waals surface area contributed by atoms with Crippen LogP contribution >= 0.6 is 11.6 Å². The molecule has 2 saturated carbocycles. The van der Waals surface area contributed by atoms with Gasteiger partial charge >= 0.3 is 5.97 Å². The van der Waals surface area contributed by atoms with Gasteiger partial charge in [0.1, 0.15) is 0 Å². The first kappa shape index (κ1) is 15.5. The molecule has 0 saturated heterocycles. The van der Waals surface area contributed by atoms with E-state index in [0.29, 0.717) is 34.9 Å². The summed E-state index contributed by atoms with van der Waals surface area (Å²) in [7, 11) is 1.56. The summed E-state index contributed by atoms with van der Waals surface area (Å²) in [6, 6.07) is 3.52. The van der Waals surface area contributed by atoms with Gasteiger partial charge in [0.05, 0.1) is 23.7 Å². The van der Waals surface area contributed by atoms with Crippen molar-refractivity contribution in [2.45, 2.75) is 56.5 Å². The van der Waals surface area contributed by atoms with Crippen molar-refractivity contribution in [3.8, 4) is 11.5 Å². The largest absolute Gasteiger partial charge is 0.493 e. The Balaban J connectivity index is 1.94. The van der Waals surface area contributed by atoms with Gasteiger partial charge in [-0.15, -0.1) is 0 Å². The van der Waals surface area contributed by atoms with E-state index >= 15 is 0 Å². The highest BCUT2D eigenvalue weighted by Gasteiger charge is 2.46. The van der Waals surface area contributed by atoms with Gasteiger partial charge in [0, 0.05) is 0 Å². The van der Waals surface area contributed by atoms with Crippen LogP contribution in [0.25, 0.3) is 0 Å². The van der Waals surface area contributed by atoms with Crippen molar-refractivity contribution in [1.82, 2.24) is 0 Å². The number of aliphatic carboxylic acids is 1. The molecule has 1 aromatic rings. The molecule has 0 aromatic heterocycles. The molecule has 4 nitrogen and oxygen atoms in total. The molecular formula is C17H21ClO4. The standard InChI is InChI=1S/C17H21ClO4/c1-21-14-10-11(17(16(19)20)7-4-8-17)9-13(18)15(14)22-12-5-2-3-6-12/h9-10,12H,2-8H2,1H3,(H,19,20). The molecule has 1 aromatic carbocycles. The predicted octanol–water partition coefficient (Wildman–Crippen LogP) is 4.18. The molecule has 2 aliphatic rings. The van der Waals surface area contributed by atoms with Crippen LogP contribution in [0.1, 0.15) is 50.5 Å². The topological polar surface area (TPSA) is 55.8 Å². The number of carboxylic acid groups (broad SMARTS) is 1. The van der Waals surface area contributed by atoms with E-state index < -0.39 is 11.4 Å². The molecule has 3 rings (SSSR count). The van der Waals surface area contributed by atoms with Crippen molar-refractivity contribution in [2.24, 2.45) is 0 Å². The number of hydrogen-bond donors (Lipinski definition) is 1. The van der Waals surface area contributed by atoms with Gasteiger partial charge in [-0.25, -0.2) is 0 Å². The molecule has 120 valence electrons. The number of methoxy groups -OCH3 is 1. The van der Waals surface area contributed by atoms with Gasteiger partial charge in [0.2, 0.25) is 0 Å². The molecule has 0 heterocycles. The Kier molecular flexibility index (Phi) is 4.22. The van der Waals surface area contributed by atoms with E-state index in [1.807, 2.05) is 0 Å². The fourth-order valence-corrected chi connectivity index (χ4v) is 3.69. The number of benzene rings is 1. The Hall–Kier alpha value is -1.42. The second-order valence-corrected chi connectivity index (χ2v) is 6.66. The Morgan fingerprint density at radius 3 is 2.45 bits per heavy atom.